The van der Waals surface area contributed by atoms with E-state index in [0.29, 0.717) is 21.0 Å². The fraction of sp³-hybridized carbons (Fsp3) is 0.160. The molecule has 2 aromatic carbocycles. The molecule has 0 atom stereocenters. The normalized spacial score (nSPS) is 11.1. The van der Waals surface area contributed by atoms with Crippen molar-refractivity contribution in [2.45, 2.75) is 26.2 Å². The Kier molecular flexibility index (Phi) is 6.88. The first-order chi connectivity index (χ1) is 17.1. The van der Waals surface area contributed by atoms with Crippen LogP contribution in [0.3, 0.4) is 0 Å². The van der Waals surface area contributed by atoms with Gasteiger partial charge in [-0.2, -0.15) is 5.26 Å². The van der Waals surface area contributed by atoms with Crippen LogP contribution < -0.4 is 15.4 Å². The molecule has 0 spiro atoms. The third-order valence-electron chi connectivity index (χ3n) is 5.11. The minimum absolute atomic E-state index is 0.109. The number of anilines is 2. The molecule has 0 aliphatic carbocycles. The first-order valence-electron chi connectivity index (χ1n) is 10.6. The van der Waals surface area contributed by atoms with E-state index in [1.165, 1.54) is 25.1 Å². The summed E-state index contributed by atoms with van der Waals surface area (Å²) in [5.41, 5.74) is 0.630. The summed E-state index contributed by atoms with van der Waals surface area (Å²) in [6.45, 7) is 4.79. The number of carbonyl (C=O) groups excluding carboxylic acids is 2. The minimum Gasteiger partial charge on any atom is -0.436 e. The quantitative estimate of drug-likeness (QED) is 0.307. The van der Waals surface area contributed by atoms with Crippen molar-refractivity contribution in [2.24, 2.45) is 0 Å². The molecule has 2 N–H and O–H groups in total. The average Bonchev–Trinajstić information content (AvgIpc) is 3.22. The van der Waals surface area contributed by atoms with Crippen LogP contribution in [-0.4, -0.2) is 21.8 Å². The van der Waals surface area contributed by atoms with Crippen molar-refractivity contribution in [1.29, 1.82) is 5.26 Å². The Hall–Kier alpha value is -4.07. The van der Waals surface area contributed by atoms with Crippen LogP contribution in [0.15, 0.2) is 48.5 Å². The van der Waals surface area contributed by atoms with Crippen LogP contribution >= 0.6 is 22.9 Å². The topological polar surface area (TPSA) is 117 Å². The van der Waals surface area contributed by atoms with Crippen molar-refractivity contribution in [3.63, 3.8) is 0 Å². The number of pyridine rings is 1. The van der Waals surface area contributed by atoms with Crippen LogP contribution in [0.25, 0.3) is 10.3 Å². The molecule has 11 heteroatoms. The summed E-state index contributed by atoms with van der Waals surface area (Å²) in [6.07, 6.45) is 0. The number of thiazole rings is 1. The maximum atomic E-state index is 14.5. The van der Waals surface area contributed by atoms with Gasteiger partial charge >= 0.3 is 0 Å². The second-order valence-corrected chi connectivity index (χ2v) is 9.63. The summed E-state index contributed by atoms with van der Waals surface area (Å²) in [5.74, 6) is -1.49. The number of hydrogen-bond acceptors (Lipinski definition) is 7. The van der Waals surface area contributed by atoms with Crippen LogP contribution in [-0.2, 0) is 10.2 Å². The molecular weight excluding hydrogens is 505 g/mol. The molecule has 4 aromatic rings. The molecule has 2 amide bonds. The third-order valence-corrected chi connectivity index (χ3v) is 6.40. The molecule has 36 heavy (non-hydrogen) atoms. The Bertz CT molecular complexity index is 1550. The molecule has 2 aromatic heterocycles. The largest absolute Gasteiger partial charge is 0.436 e. The molecule has 8 nitrogen and oxygen atoms in total. The standard InChI is InChI=1S/C25H19ClFN5O3S/c1-13(33)29-24-31-18-9-10-20(32-23(18)36-24)35-19-11-14(7-8-17(19)27)30-22(34)15-5-4-6-16(21(15)26)25(2,3)12-28/h4-11H,1-3H3,(H,30,34)(H,29,31,33). The first-order valence-corrected chi connectivity index (χ1v) is 11.8. The maximum Gasteiger partial charge on any atom is 0.257 e. The lowest BCUT2D eigenvalue weighted by Crippen LogP contribution is -2.18. The van der Waals surface area contributed by atoms with E-state index in [-0.39, 0.29) is 33.8 Å². The van der Waals surface area contributed by atoms with E-state index in [4.69, 9.17) is 16.3 Å². The number of hydrogen-bond donors (Lipinski definition) is 2. The Morgan fingerprint density at radius 3 is 2.64 bits per heavy atom. The number of halogens is 2. The lowest BCUT2D eigenvalue weighted by molar-refractivity contribution is -0.114. The summed E-state index contributed by atoms with van der Waals surface area (Å²) >= 11 is 7.59. The molecule has 0 fully saturated rings. The highest BCUT2D eigenvalue weighted by atomic mass is 35.5. The fourth-order valence-corrected chi connectivity index (χ4v) is 4.61. The van der Waals surface area contributed by atoms with Gasteiger partial charge in [0.25, 0.3) is 5.91 Å². The average molecular weight is 524 g/mol. The van der Waals surface area contributed by atoms with Crippen LogP contribution in [0, 0.1) is 17.1 Å². The highest BCUT2D eigenvalue weighted by molar-refractivity contribution is 7.21. The van der Waals surface area contributed by atoms with Gasteiger partial charge < -0.3 is 15.4 Å². The summed E-state index contributed by atoms with van der Waals surface area (Å²) < 4.78 is 20.1. The van der Waals surface area contributed by atoms with Crippen LogP contribution in [0.5, 0.6) is 11.6 Å². The van der Waals surface area contributed by atoms with E-state index in [9.17, 15) is 19.2 Å². The van der Waals surface area contributed by atoms with Crippen molar-refractivity contribution < 1.29 is 18.7 Å². The van der Waals surface area contributed by atoms with Gasteiger partial charge in [0, 0.05) is 24.7 Å². The molecule has 0 bridgehead atoms. The van der Waals surface area contributed by atoms with Gasteiger partial charge in [0.05, 0.1) is 22.1 Å². The summed E-state index contributed by atoms with van der Waals surface area (Å²) in [6, 6.07) is 14.1. The summed E-state index contributed by atoms with van der Waals surface area (Å²) in [5, 5.41) is 15.3. The molecule has 2 heterocycles. The molecule has 0 unspecified atom stereocenters. The van der Waals surface area contributed by atoms with Gasteiger partial charge in [-0.05, 0) is 43.7 Å². The number of nitrogens with zero attached hydrogens (tertiary/aromatic N) is 3. The Morgan fingerprint density at radius 2 is 1.92 bits per heavy atom. The van der Waals surface area contributed by atoms with Crippen molar-refractivity contribution in [1.82, 2.24) is 9.97 Å². The zero-order chi connectivity index (χ0) is 26.0. The molecule has 0 radical (unpaired) electrons. The van der Waals surface area contributed by atoms with Crippen LogP contribution in [0.4, 0.5) is 15.2 Å². The highest BCUT2D eigenvalue weighted by Gasteiger charge is 2.26. The number of nitrogens with one attached hydrogen (secondary N) is 2. The second kappa shape index (κ2) is 9.89. The summed E-state index contributed by atoms with van der Waals surface area (Å²) in [4.78, 5) is 33.2. The minimum atomic E-state index is -0.890. The van der Waals surface area contributed by atoms with E-state index in [2.05, 4.69) is 26.7 Å². The number of carbonyl (C=O) groups is 2. The second-order valence-electron chi connectivity index (χ2n) is 8.28. The van der Waals surface area contributed by atoms with Crippen molar-refractivity contribution in [2.75, 3.05) is 10.6 Å². The smallest absolute Gasteiger partial charge is 0.257 e. The fourth-order valence-electron chi connectivity index (χ4n) is 3.28. The molecule has 0 aliphatic rings. The molecule has 0 aliphatic heterocycles. The lowest BCUT2D eigenvalue weighted by atomic mass is 9.85. The zero-order valence-electron chi connectivity index (χ0n) is 19.3. The van der Waals surface area contributed by atoms with E-state index in [1.54, 1.807) is 38.1 Å². The van der Waals surface area contributed by atoms with E-state index in [0.717, 1.165) is 17.4 Å². The Morgan fingerprint density at radius 1 is 1.14 bits per heavy atom. The van der Waals surface area contributed by atoms with Gasteiger partial charge in [-0.15, -0.1) is 0 Å². The predicted molar refractivity (Wildman–Crippen MR) is 136 cm³/mol. The third kappa shape index (κ3) is 5.27. The molecule has 0 saturated carbocycles. The van der Waals surface area contributed by atoms with Crippen molar-refractivity contribution in [3.05, 3.63) is 70.5 Å². The van der Waals surface area contributed by atoms with Crippen molar-refractivity contribution >= 4 is 55.9 Å². The van der Waals surface area contributed by atoms with E-state index in [1.807, 2.05) is 0 Å². The van der Waals surface area contributed by atoms with Crippen LogP contribution in [0.1, 0.15) is 36.7 Å². The molecule has 4 rings (SSSR count). The van der Waals surface area contributed by atoms with E-state index < -0.39 is 17.1 Å². The number of benzene rings is 2. The number of amides is 2. The number of ether oxygens (including phenoxy) is 1. The number of nitriles is 1. The molecule has 0 saturated heterocycles. The number of rotatable bonds is 6. The van der Waals surface area contributed by atoms with E-state index >= 15 is 0 Å². The number of aromatic nitrogens is 2. The van der Waals surface area contributed by atoms with Crippen molar-refractivity contribution in [3.8, 4) is 17.7 Å². The molecule has 182 valence electrons. The monoisotopic (exact) mass is 523 g/mol. The van der Waals surface area contributed by atoms with Gasteiger partial charge in [0.15, 0.2) is 16.7 Å². The SMILES string of the molecule is CC(=O)Nc1nc2ccc(Oc3cc(NC(=O)c4cccc(C(C)(C)C#N)c4Cl)ccc3F)nc2s1. The van der Waals surface area contributed by atoms with Gasteiger partial charge in [0.1, 0.15) is 10.3 Å². The molecular formula is C25H19ClFN5O3S. The van der Waals surface area contributed by atoms with Gasteiger partial charge in [-0.1, -0.05) is 35.1 Å². The van der Waals surface area contributed by atoms with Gasteiger partial charge in [-0.3, -0.25) is 9.59 Å². The Balaban J connectivity index is 1.56. The highest BCUT2D eigenvalue weighted by Crippen LogP contribution is 2.33. The Labute approximate surface area is 214 Å². The van der Waals surface area contributed by atoms with Crippen LogP contribution in [0.2, 0.25) is 5.02 Å². The first kappa shape index (κ1) is 25.0. The maximum absolute atomic E-state index is 14.5. The lowest BCUT2D eigenvalue weighted by Gasteiger charge is -2.19. The number of fused-ring (bicyclic) bond motifs is 1. The summed E-state index contributed by atoms with van der Waals surface area (Å²) in [7, 11) is 0. The zero-order valence-corrected chi connectivity index (χ0v) is 20.9. The van der Waals surface area contributed by atoms with Gasteiger partial charge in [0.2, 0.25) is 11.8 Å². The van der Waals surface area contributed by atoms with Gasteiger partial charge in [-0.25, -0.2) is 14.4 Å². The predicted octanol–water partition coefficient (Wildman–Crippen LogP) is 6.29.